The van der Waals surface area contributed by atoms with Gasteiger partial charge in [-0.2, -0.15) is 0 Å². The Labute approximate surface area is 171 Å². The van der Waals surface area contributed by atoms with Gasteiger partial charge >= 0.3 is 11.9 Å². The van der Waals surface area contributed by atoms with Crippen LogP contribution in [0.3, 0.4) is 0 Å². The van der Waals surface area contributed by atoms with E-state index in [9.17, 15) is 24.0 Å². The van der Waals surface area contributed by atoms with E-state index in [0.29, 0.717) is 5.69 Å². The van der Waals surface area contributed by atoms with Crippen molar-refractivity contribution in [1.29, 1.82) is 0 Å². The number of nitrogens with one attached hydrogen (secondary N) is 4. The molecule has 3 atom stereocenters. The van der Waals surface area contributed by atoms with Gasteiger partial charge in [0.2, 0.25) is 17.7 Å². The van der Waals surface area contributed by atoms with Crippen molar-refractivity contribution in [3.8, 4) is 0 Å². The number of H-pyrrole nitrogens is 1. The predicted octanol–water partition coefficient (Wildman–Crippen LogP) is -2.42. The minimum Gasteiger partial charge on any atom is -0.481 e. The fourth-order valence-electron chi connectivity index (χ4n) is 2.45. The number of aliphatic carboxylic acids is 2. The summed E-state index contributed by atoms with van der Waals surface area (Å²) in [7, 11) is 0. The van der Waals surface area contributed by atoms with E-state index in [-0.39, 0.29) is 6.42 Å². The molecule has 0 saturated heterocycles. The van der Waals surface area contributed by atoms with Crippen molar-refractivity contribution in [3.63, 3.8) is 0 Å². The first-order chi connectivity index (χ1) is 14.0. The third kappa shape index (κ3) is 8.26. The highest BCUT2D eigenvalue weighted by Gasteiger charge is 2.31. The number of aromatic amines is 1. The molecule has 3 amide bonds. The van der Waals surface area contributed by atoms with E-state index < -0.39 is 66.7 Å². The smallest absolute Gasteiger partial charge is 0.322 e. The Balaban J connectivity index is 2.90. The van der Waals surface area contributed by atoms with Crippen molar-refractivity contribution >= 4 is 29.7 Å². The molecule has 13 heteroatoms. The largest absolute Gasteiger partial charge is 0.481 e. The van der Waals surface area contributed by atoms with E-state index in [2.05, 4.69) is 25.9 Å². The number of carboxylic acid groups (broad SMARTS) is 2. The predicted molar refractivity (Wildman–Crippen MR) is 102 cm³/mol. The molecule has 8 N–H and O–H groups in total. The van der Waals surface area contributed by atoms with Crippen molar-refractivity contribution in [2.24, 2.45) is 11.7 Å². The Bertz CT molecular complexity index is 765. The minimum atomic E-state index is -1.35. The van der Waals surface area contributed by atoms with Crippen molar-refractivity contribution in [1.82, 2.24) is 25.9 Å². The molecule has 0 saturated carbocycles. The molecule has 0 bridgehead atoms. The standard InChI is InChI=1S/C17H26N6O7/c1-8(2)14(23-15(28)10(18)4-12(24)25)17(30)22-11(3-9-5-19-7-21-9)16(29)20-6-13(26)27/h5,7-8,10-11,14H,3-4,6,18H2,1-2H3,(H,19,21)(H,20,29)(H,22,30)(H,23,28)(H,24,25)(H,26,27). The summed E-state index contributed by atoms with van der Waals surface area (Å²) in [6.07, 6.45) is 2.20. The first-order valence-electron chi connectivity index (χ1n) is 9.06. The zero-order chi connectivity index (χ0) is 22.8. The fourth-order valence-corrected chi connectivity index (χ4v) is 2.45. The van der Waals surface area contributed by atoms with Crippen molar-refractivity contribution < 1.29 is 34.2 Å². The number of nitrogens with two attached hydrogens (primary N) is 1. The first kappa shape index (κ1) is 24.6. The van der Waals surface area contributed by atoms with Crippen LogP contribution >= 0.6 is 0 Å². The number of rotatable bonds is 12. The Morgan fingerprint density at radius 3 is 2.23 bits per heavy atom. The second kappa shape index (κ2) is 11.5. The van der Waals surface area contributed by atoms with Gasteiger partial charge in [0.1, 0.15) is 18.6 Å². The average Bonchev–Trinajstić information content (AvgIpc) is 3.15. The van der Waals surface area contributed by atoms with Crippen LogP contribution in [0.25, 0.3) is 0 Å². The summed E-state index contributed by atoms with van der Waals surface area (Å²) in [5.74, 6) is -5.21. The molecule has 3 unspecified atom stereocenters. The van der Waals surface area contributed by atoms with Crippen molar-refractivity contribution in [2.75, 3.05) is 6.54 Å². The molecular weight excluding hydrogens is 400 g/mol. The molecule has 1 heterocycles. The van der Waals surface area contributed by atoms with E-state index >= 15 is 0 Å². The Morgan fingerprint density at radius 2 is 1.73 bits per heavy atom. The molecular formula is C17H26N6O7. The summed E-state index contributed by atoms with van der Waals surface area (Å²) in [5.41, 5.74) is 6.03. The number of nitrogens with zero attached hydrogens (tertiary/aromatic N) is 1. The molecule has 0 aromatic carbocycles. The quantitative estimate of drug-likeness (QED) is 0.189. The monoisotopic (exact) mass is 426 g/mol. The maximum atomic E-state index is 12.7. The van der Waals surface area contributed by atoms with Gasteiger partial charge in [-0.15, -0.1) is 0 Å². The van der Waals surface area contributed by atoms with Crippen LogP contribution in [0.4, 0.5) is 0 Å². The number of hydrogen-bond acceptors (Lipinski definition) is 7. The summed E-state index contributed by atoms with van der Waals surface area (Å²) in [6, 6.07) is -3.60. The van der Waals surface area contributed by atoms with E-state index in [1.54, 1.807) is 13.8 Å². The molecule has 1 aromatic rings. The van der Waals surface area contributed by atoms with Crippen LogP contribution < -0.4 is 21.7 Å². The third-order valence-electron chi connectivity index (χ3n) is 4.00. The molecule has 166 valence electrons. The fraction of sp³-hybridized carbons (Fsp3) is 0.529. The van der Waals surface area contributed by atoms with E-state index in [4.69, 9.17) is 15.9 Å². The molecule has 0 aliphatic carbocycles. The number of imidazole rings is 1. The van der Waals surface area contributed by atoms with Crippen LogP contribution in [-0.4, -0.2) is 74.5 Å². The summed E-state index contributed by atoms with van der Waals surface area (Å²) < 4.78 is 0. The highest BCUT2D eigenvalue weighted by Crippen LogP contribution is 2.06. The highest BCUT2D eigenvalue weighted by atomic mass is 16.4. The third-order valence-corrected chi connectivity index (χ3v) is 4.00. The SMILES string of the molecule is CC(C)C(NC(=O)C(N)CC(=O)O)C(=O)NC(Cc1cnc[nH]1)C(=O)NCC(=O)O. The van der Waals surface area contributed by atoms with Crippen LogP contribution in [0.1, 0.15) is 26.0 Å². The second-order valence-corrected chi connectivity index (χ2v) is 6.89. The lowest BCUT2D eigenvalue weighted by molar-refractivity contribution is -0.140. The summed E-state index contributed by atoms with van der Waals surface area (Å²) in [5, 5.41) is 24.5. The molecule has 30 heavy (non-hydrogen) atoms. The van der Waals surface area contributed by atoms with Gasteiger partial charge in [0, 0.05) is 18.3 Å². The van der Waals surface area contributed by atoms with Gasteiger partial charge in [-0.3, -0.25) is 24.0 Å². The lowest BCUT2D eigenvalue weighted by atomic mass is 10.0. The molecule has 1 rings (SSSR count). The molecule has 0 aliphatic rings. The van der Waals surface area contributed by atoms with Gasteiger partial charge in [-0.1, -0.05) is 13.8 Å². The van der Waals surface area contributed by atoms with Gasteiger partial charge in [0.15, 0.2) is 0 Å². The zero-order valence-electron chi connectivity index (χ0n) is 16.5. The Kier molecular flexibility index (Phi) is 9.42. The summed E-state index contributed by atoms with van der Waals surface area (Å²) in [4.78, 5) is 65.2. The topological polar surface area (TPSA) is 217 Å². The summed E-state index contributed by atoms with van der Waals surface area (Å²) in [6.45, 7) is 2.64. The van der Waals surface area contributed by atoms with Crippen molar-refractivity contribution in [2.45, 2.75) is 44.8 Å². The maximum Gasteiger partial charge on any atom is 0.322 e. The minimum absolute atomic E-state index is 0.00547. The van der Waals surface area contributed by atoms with E-state index in [1.807, 2.05) is 0 Å². The zero-order valence-corrected chi connectivity index (χ0v) is 16.5. The lowest BCUT2D eigenvalue weighted by Crippen LogP contribution is -2.58. The normalized spacial score (nSPS) is 13.7. The van der Waals surface area contributed by atoms with Crippen LogP contribution in [-0.2, 0) is 30.4 Å². The molecule has 13 nitrogen and oxygen atoms in total. The number of carboxylic acids is 2. The van der Waals surface area contributed by atoms with Gasteiger partial charge in [-0.25, -0.2) is 4.98 Å². The highest BCUT2D eigenvalue weighted by molar-refractivity contribution is 5.94. The molecule has 0 spiro atoms. The average molecular weight is 426 g/mol. The Hall–Kier alpha value is -3.48. The van der Waals surface area contributed by atoms with Crippen LogP contribution in [0.15, 0.2) is 12.5 Å². The number of carbonyl (C=O) groups is 5. The van der Waals surface area contributed by atoms with Gasteiger partial charge in [-0.05, 0) is 5.92 Å². The van der Waals surface area contributed by atoms with Gasteiger partial charge < -0.3 is 36.9 Å². The first-order valence-corrected chi connectivity index (χ1v) is 9.06. The molecule has 0 fully saturated rings. The van der Waals surface area contributed by atoms with Gasteiger partial charge in [0.25, 0.3) is 0 Å². The van der Waals surface area contributed by atoms with E-state index in [0.717, 1.165) is 0 Å². The van der Waals surface area contributed by atoms with Crippen molar-refractivity contribution in [3.05, 3.63) is 18.2 Å². The molecule has 1 aromatic heterocycles. The number of hydrogen-bond donors (Lipinski definition) is 7. The van der Waals surface area contributed by atoms with Crippen LogP contribution in [0.5, 0.6) is 0 Å². The molecule has 0 radical (unpaired) electrons. The molecule has 0 aliphatic heterocycles. The Morgan fingerprint density at radius 1 is 1.07 bits per heavy atom. The van der Waals surface area contributed by atoms with E-state index in [1.165, 1.54) is 12.5 Å². The van der Waals surface area contributed by atoms with Crippen LogP contribution in [0, 0.1) is 5.92 Å². The summed E-state index contributed by atoms with van der Waals surface area (Å²) >= 11 is 0. The number of carbonyl (C=O) groups excluding carboxylic acids is 3. The van der Waals surface area contributed by atoms with Gasteiger partial charge in [0.05, 0.1) is 18.8 Å². The maximum absolute atomic E-state index is 12.7. The number of aromatic nitrogens is 2. The lowest BCUT2D eigenvalue weighted by Gasteiger charge is -2.26. The number of amides is 3. The van der Waals surface area contributed by atoms with Crippen LogP contribution in [0.2, 0.25) is 0 Å². The second-order valence-electron chi connectivity index (χ2n) is 6.89.